The minimum Gasteiger partial charge on any atom is -0.496 e. The molecule has 32 heavy (non-hydrogen) atoms. The lowest BCUT2D eigenvalue weighted by molar-refractivity contribution is -0.135. The summed E-state index contributed by atoms with van der Waals surface area (Å²) >= 11 is 6.12. The zero-order chi connectivity index (χ0) is 22.7. The van der Waals surface area contributed by atoms with E-state index in [-0.39, 0.29) is 11.8 Å². The fourth-order valence-electron chi connectivity index (χ4n) is 4.54. The molecule has 1 atom stereocenters. The number of benzene rings is 2. The van der Waals surface area contributed by atoms with Gasteiger partial charge in [0, 0.05) is 37.7 Å². The highest BCUT2D eigenvalue weighted by Crippen LogP contribution is 2.30. The van der Waals surface area contributed by atoms with Crippen molar-refractivity contribution in [3.63, 3.8) is 0 Å². The number of nitrogens with zero attached hydrogens (tertiary/aromatic N) is 3. The molecule has 1 unspecified atom stereocenters. The van der Waals surface area contributed by atoms with Gasteiger partial charge in [-0.1, -0.05) is 23.7 Å². The number of hydrogen-bond acceptors (Lipinski definition) is 5. The monoisotopic (exact) mass is 457 g/mol. The molecule has 4 rings (SSSR count). The number of rotatable bonds is 5. The Balaban J connectivity index is 1.44. The molecule has 170 valence electrons. The molecule has 0 bridgehead atoms. The van der Waals surface area contributed by atoms with Crippen LogP contribution in [0.2, 0.25) is 5.02 Å². The van der Waals surface area contributed by atoms with Crippen molar-refractivity contribution in [1.82, 2.24) is 9.80 Å². The molecule has 0 radical (unpaired) electrons. The molecule has 2 aromatic rings. The van der Waals surface area contributed by atoms with Crippen molar-refractivity contribution in [3.05, 3.63) is 53.1 Å². The van der Waals surface area contributed by atoms with Crippen LogP contribution in [0.3, 0.4) is 0 Å². The molecule has 2 aromatic carbocycles. The number of carbonyl (C=O) groups excluding carboxylic acids is 2. The van der Waals surface area contributed by atoms with Crippen LogP contribution in [0.15, 0.2) is 42.5 Å². The maximum absolute atomic E-state index is 13.4. The van der Waals surface area contributed by atoms with Gasteiger partial charge in [-0.3, -0.25) is 9.59 Å². The van der Waals surface area contributed by atoms with Crippen LogP contribution in [0.4, 0.5) is 5.69 Å². The molecule has 2 saturated heterocycles. The first-order chi connectivity index (χ1) is 15.5. The highest BCUT2D eigenvalue weighted by Gasteiger charge is 2.38. The Morgan fingerprint density at radius 1 is 0.938 bits per heavy atom. The third-order valence-corrected chi connectivity index (χ3v) is 6.44. The number of anilines is 1. The number of piperazine rings is 1. The molecule has 7 nitrogen and oxygen atoms in total. The minimum absolute atomic E-state index is 0.0107. The number of halogens is 1. The summed E-state index contributed by atoms with van der Waals surface area (Å²) in [7, 11) is 3.19. The van der Waals surface area contributed by atoms with Gasteiger partial charge in [0.1, 0.15) is 17.5 Å². The van der Waals surface area contributed by atoms with E-state index in [0.717, 1.165) is 30.9 Å². The summed E-state index contributed by atoms with van der Waals surface area (Å²) in [6, 6.07) is 12.4. The lowest BCUT2D eigenvalue weighted by atomic mass is 10.1. The minimum atomic E-state index is -0.455. The van der Waals surface area contributed by atoms with Gasteiger partial charge in [-0.15, -0.1) is 0 Å². The van der Waals surface area contributed by atoms with Crippen LogP contribution in [0.25, 0.3) is 0 Å². The Morgan fingerprint density at radius 3 is 2.38 bits per heavy atom. The van der Waals surface area contributed by atoms with Crippen molar-refractivity contribution in [2.75, 3.05) is 51.8 Å². The van der Waals surface area contributed by atoms with Gasteiger partial charge in [0.25, 0.3) is 5.91 Å². The van der Waals surface area contributed by atoms with E-state index in [2.05, 4.69) is 4.90 Å². The SMILES string of the molecule is COc1ccc(Cl)cc1C(=O)N1CCCC1C(=O)N1CCN(c2ccccc2OC)CC1. The van der Waals surface area contributed by atoms with E-state index in [1.165, 1.54) is 7.11 Å². The third kappa shape index (κ3) is 4.35. The summed E-state index contributed by atoms with van der Waals surface area (Å²) in [6.45, 7) is 3.20. The van der Waals surface area contributed by atoms with E-state index < -0.39 is 6.04 Å². The highest BCUT2D eigenvalue weighted by molar-refractivity contribution is 6.31. The number of amides is 2. The molecule has 2 fully saturated rings. The largest absolute Gasteiger partial charge is 0.496 e. The first-order valence-electron chi connectivity index (χ1n) is 10.8. The van der Waals surface area contributed by atoms with Gasteiger partial charge >= 0.3 is 0 Å². The summed E-state index contributed by atoms with van der Waals surface area (Å²) in [6.07, 6.45) is 1.46. The number of likely N-dealkylation sites (tertiary alicyclic amines) is 1. The van der Waals surface area contributed by atoms with E-state index in [1.54, 1.807) is 30.2 Å². The summed E-state index contributed by atoms with van der Waals surface area (Å²) in [5, 5.41) is 0.462. The molecule has 8 heteroatoms. The van der Waals surface area contributed by atoms with E-state index in [0.29, 0.717) is 42.4 Å². The van der Waals surface area contributed by atoms with E-state index >= 15 is 0 Å². The van der Waals surface area contributed by atoms with Gasteiger partial charge in [0.05, 0.1) is 25.5 Å². The third-order valence-electron chi connectivity index (χ3n) is 6.21. The summed E-state index contributed by atoms with van der Waals surface area (Å²) in [5.41, 5.74) is 1.42. The molecular weight excluding hydrogens is 430 g/mol. The van der Waals surface area contributed by atoms with Crippen LogP contribution in [0.5, 0.6) is 11.5 Å². The Labute approximate surface area is 193 Å². The van der Waals surface area contributed by atoms with E-state index in [4.69, 9.17) is 21.1 Å². The number of methoxy groups -OCH3 is 2. The van der Waals surface area contributed by atoms with Gasteiger partial charge in [0.2, 0.25) is 5.91 Å². The van der Waals surface area contributed by atoms with Crippen LogP contribution in [0, 0.1) is 0 Å². The van der Waals surface area contributed by atoms with Crippen molar-refractivity contribution in [2.24, 2.45) is 0 Å². The van der Waals surface area contributed by atoms with Crippen molar-refractivity contribution >= 4 is 29.1 Å². The standard InChI is InChI=1S/C24H28ClN3O4/c1-31-21-10-9-17(25)16-18(21)23(29)28-11-5-7-20(28)24(30)27-14-12-26(13-15-27)19-6-3-4-8-22(19)32-2/h3-4,6,8-10,16,20H,5,7,11-15H2,1-2H3. The Morgan fingerprint density at radius 2 is 1.66 bits per heavy atom. The lowest BCUT2D eigenvalue weighted by Crippen LogP contribution is -2.54. The average molecular weight is 458 g/mol. The van der Waals surface area contributed by atoms with Crippen LogP contribution in [-0.4, -0.2) is 74.6 Å². The van der Waals surface area contributed by atoms with Crippen molar-refractivity contribution in [3.8, 4) is 11.5 Å². The van der Waals surface area contributed by atoms with Crippen molar-refractivity contribution in [2.45, 2.75) is 18.9 Å². The summed E-state index contributed by atoms with van der Waals surface area (Å²) in [4.78, 5) is 32.4. The molecule has 2 aliphatic heterocycles. The number of ether oxygens (including phenoxy) is 2. The van der Waals surface area contributed by atoms with E-state index in [9.17, 15) is 9.59 Å². The molecule has 2 heterocycles. The van der Waals surface area contributed by atoms with Gasteiger partial charge < -0.3 is 24.2 Å². The molecular formula is C24H28ClN3O4. The molecule has 0 spiro atoms. The molecule has 2 aliphatic rings. The van der Waals surface area contributed by atoms with Gasteiger partial charge in [-0.25, -0.2) is 0 Å². The molecule has 0 aliphatic carbocycles. The van der Waals surface area contributed by atoms with Crippen molar-refractivity contribution < 1.29 is 19.1 Å². The normalized spacial score (nSPS) is 18.6. The Hall–Kier alpha value is -2.93. The fourth-order valence-corrected chi connectivity index (χ4v) is 4.71. The number of carbonyl (C=O) groups is 2. The van der Waals surface area contributed by atoms with Gasteiger partial charge in [0.15, 0.2) is 0 Å². The maximum atomic E-state index is 13.4. The molecule has 0 N–H and O–H groups in total. The van der Waals surface area contributed by atoms with E-state index in [1.807, 2.05) is 29.2 Å². The first-order valence-corrected chi connectivity index (χ1v) is 11.2. The van der Waals surface area contributed by atoms with Crippen LogP contribution < -0.4 is 14.4 Å². The second-order valence-corrected chi connectivity index (χ2v) is 8.42. The van der Waals surface area contributed by atoms with Gasteiger partial charge in [-0.2, -0.15) is 0 Å². The fraction of sp³-hybridized carbons (Fsp3) is 0.417. The molecule has 2 amide bonds. The zero-order valence-electron chi connectivity index (χ0n) is 18.4. The van der Waals surface area contributed by atoms with Crippen LogP contribution >= 0.6 is 11.6 Å². The predicted octanol–water partition coefficient (Wildman–Crippen LogP) is 3.31. The maximum Gasteiger partial charge on any atom is 0.258 e. The predicted molar refractivity (Wildman–Crippen MR) is 124 cm³/mol. The summed E-state index contributed by atoms with van der Waals surface area (Å²) in [5.74, 6) is 1.09. The lowest BCUT2D eigenvalue weighted by Gasteiger charge is -2.38. The second-order valence-electron chi connectivity index (χ2n) is 7.99. The van der Waals surface area contributed by atoms with Gasteiger partial charge in [-0.05, 0) is 43.2 Å². The summed E-state index contributed by atoms with van der Waals surface area (Å²) < 4.78 is 10.8. The Kier molecular flexibility index (Phi) is 6.74. The Bertz CT molecular complexity index is 991. The quantitative estimate of drug-likeness (QED) is 0.689. The first kappa shape index (κ1) is 22.3. The van der Waals surface area contributed by atoms with Crippen molar-refractivity contribution in [1.29, 1.82) is 0 Å². The molecule has 0 aromatic heterocycles. The smallest absolute Gasteiger partial charge is 0.258 e. The van der Waals surface area contributed by atoms with Crippen LogP contribution in [0.1, 0.15) is 23.2 Å². The number of para-hydroxylation sites is 2. The topological polar surface area (TPSA) is 62.3 Å². The zero-order valence-corrected chi connectivity index (χ0v) is 19.2. The highest BCUT2D eigenvalue weighted by atomic mass is 35.5. The second kappa shape index (κ2) is 9.69. The number of hydrogen-bond donors (Lipinski definition) is 0. The average Bonchev–Trinajstić information content (AvgIpc) is 3.33. The van der Waals surface area contributed by atoms with Crippen LogP contribution in [-0.2, 0) is 4.79 Å². The molecule has 0 saturated carbocycles.